The molecule has 0 aliphatic heterocycles. The first-order chi connectivity index (χ1) is 11.1. The molecule has 6 nitrogen and oxygen atoms in total. The fourth-order valence-electron chi connectivity index (χ4n) is 2.27. The molecule has 1 N–H and O–H groups in total. The van der Waals surface area contributed by atoms with Gasteiger partial charge in [-0.25, -0.2) is 4.79 Å². The van der Waals surface area contributed by atoms with Crippen molar-refractivity contribution in [3.8, 4) is 11.4 Å². The normalized spacial score (nSPS) is 10.9. The number of aromatic nitrogens is 3. The van der Waals surface area contributed by atoms with Crippen LogP contribution in [0.25, 0.3) is 16.7 Å². The molecule has 0 aliphatic rings. The van der Waals surface area contributed by atoms with Crippen LogP contribution in [-0.2, 0) is 11.2 Å². The number of aryl methyl sites for hydroxylation is 1. The topological polar surface area (TPSA) is 77.2 Å². The summed E-state index contributed by atoms with van der Waals surface area (Å²) in [7, 11) is 1.33. The predicted octanol–water partition coefficient (Wildman–Crippen LogP) is 2.85. The van der Waals surface area contributed by atoms with Crippen molar-refractivity contribution in [3.05, 3.63) is 47.5 Å². The summed E-state index contributed by atoms with van der Waals surface area (Å²) in [5.74, 6) is -0.319. The summed E-state index contributed by atoms with van der Waals surface area (Å²) in [5.41, 5.74) is 3.09. The molecule has 7 heteroatoms. The van der Waals surface area contributed by atoms with E-state index in [1.807, 2.05) is 6.07 Å². The molecule has 3 rings (SSSR count). The molecular formula is C16H14BrN3O3. The van der Waals surface area contributed by atoms with Gasteiger partial charge in [-0.1, -0.05) is 22.0 Å². The number of ether oxygens (including phenoxy) is 1. The summed E-state index contributed by atoms with van der Waals surface area (Å²) < 4.78 is 4.69. The Balaban J connectivity index is 2.02. The summed E-state index contributed by atoms with van der Waals surface area (Å²) in [6.07, 6.45) is 0.824. The average Bonchev–Trinajstić information content (AvgIpc) is 2.97. The van der Waals surface area contributed by atoms with Crippen molar-refractivity contribution < 1.29 is 14.6 Å². The first-order valence-electron chi connectivity index (χ1n) is 6.96. The Labute approximate surface area is 140 Å². The lowest BCUT2D eigenvalue weighted by atomic mass is 10.1. The molecule has 0 fully saturated rings. The minimum atomic E-state index is -0.427. The molecule has 0 atom stereocenters. The number of phenolic OH excluding ortho intramolecular Hbond substituents is 1. The van der Waals surface area contributed by atoms with E-state index in [1.165, 1.54) is 11.9 Å². The number of halogens is 1. The second kappa shape index (κ2) is 6.37. The highest BCUT2D eigenvalue weighted by Crippen LogP contribution is 2.24. The molecule has 0 saturated heterocycles. The number of carbonyl (C=O) groups is 1. The van der Waals surface area contributed by atoms with Crippen molar-refractivity contribution in [2.45, 2.75) is 6.42 Å². The summed E-state index contributed by atoms with van der Waals surface area (Å²) in [6, 6.07) is 10.3. The van der Waals surface area contributed by atoms with Crippen molar-refractivity contribution in [1.29, 1.82) is 0 Å². The van der Waals surface area contributed by atoms with Crippen LogP contribution >= 0.6 is 15.9 Å². The molecule has 0 unspecified atom stereocenters. The van der Waals surface area contributed by atoms with E-state index in [2.05, 4.69) is 26.1 Å². The van der Waals surface area contributed by atoms with Crippen molar-refractivity contribution >= 4 is 32.9 Å². The Morgan fingerprint density at radius 1 is 1.22 bits per heavy atom. The zero-order valence-corrected chi connectivity index (χ0v) is 13.9. The minimum Gasteiger partial charge on any atom is -0.506 e. The molecular weight excluding hydrogens is 362 g/mol. The fourth-order valence-corrected chi connectivity index (χ4v) is 2.73. The number of rotatable bonds is 4. The molecule has 23 heavy (non-hydrogen) atoms. The third-order valence-corrected chi connectivity index (χ3v) is 3.84. The van der Waals surface area contributed by atoms with Gasteiger partial charge in [-0.2, -0.15) is 0 Å². The fraction of sp³-hybridized carbons (Fsp3) is 0.188. The van der Waals surface area contributed by atoms with E-state index < -0.39 is 5.97 Å². The van der Waals surface area contributed by atoms with Crippen LogP contribution in [0, 0.1) is 0 Å². The van der Waals surface area contributed by atoms with E-state index in [0.29, 0.717) is 22.3 Å². The number of benzene rings is 2. The van der Waals surface area contributed by atoms with Gasteiger partial charge >= 0.3 is 5.97 Å². The minimum absolute atomic E-state index is 0.108. The number of methoxy groups -OCH3 is 1. The van der Waals surface area contributed by atoms with E-state index in [1.54, 1.807) is 30.3 Å². The Bertz CT molecular complexity index is 876. The number of fused-ring (bicyclic) bond motifs is 1. The van der Waals surface area contributed by atoms with Crippen molar-refractivity contribution in [2.24, 2.45) is 0 Å². The molecule has 1 heterocycles. The molecule has 118 valence electrons. The van der Waals surface area contributed by atoms with Crippen LogP contribution in [0.15, 0.2) is 36.4 Å². The molecule has 0 spiro atoms. The van der Waals surface area contributed by atoms with Gasteiger partial charge in [0, 0.05) is 5.33 Å². The van der Waals surface area contributed by atoms with Crippen LogP contribution in [0.2, 0.25) is 0 Å². The van der Waals surface area contributed by atoms with Crippen LogP contribution in [0.5, 0.6) is 5.75 Å². The van der Waals surface area contributed by atoms with E-state index >= 15 is 0 Å². The maximum absolute atomic E-state index is 11.6. The number of phenols is 1. The summed E-state index contributed by atoms with van der Waals surface area (Å²) >= 11 is 3.37. The number of carbonyl (C=O) groups excluding carboxylic acids is 1. The molecule has 0 bridgehead atoms. The van der Waals surface area contributed by atoms with Crippen molar-refractivity contribution in [1.82, 2.24) is 15.0 Å². The molecule has 1 aromatic heterocycles. The monoisotopic (exact) mass is 375 g/mol. The lowest BCUT2D eigenvalue weighted by Crippen LogP contribution is -2.00. The summed E-state index contributed by atoms with van der Waals surface area (Å²) in [4.78, 5) is 12.9. The Hall–Kier alpha value is -2.41. The second-order valence-electron chi connectivity index (χ2n) is 4.95. The third kappa shape index (κ3) is 3.05. The van der Waals surface area contributed by atoms with E-state index in [0.717, 1.165) is 17.3 Å². The lowest BCUT2D eigenvalue weighted by molar-refractivity contribution is 0.0601. The van der Waals surface area contributed by atoms with E-state index in [9.17, 15) is 9.90 Å². The lowest BCUT2D eigenvalue weighted by Gasteiger charge is -2.05. The Morgan fingerprint density at radius 3 is 2.70 bits per heavy atom. The molecule has 0 saturated carbocycles. The zero-order chi connectivity index (χ0) is 16.4. The van der Waals surface area contributed by atoms with Gasteiger partial charge in [0.25, 0.3) is 0 Å². The van der Waals surface area contributed by atoms with Gasteiger partial charge < -0.3 is 9.84 Å². The van der Waals surface area contributed by atoms with Gasteiger partial charge in [0.2, 0.25) is 0 Å². The van der Waals surface area contributed by atoms with Crippen LogP contribution in [-0.4, -0.2) is 38.5 Å². The predicted molar refractivity (Wildman–Crippen MR) is 89.4 cm³/mol. The van der Waals surface area contributed by atoms with Gasteiger partial charge in [-0.3, -0.25) is 0 Å². The highest BCUT2D eigenvalue weighted by molar-refractivity contribution is 9.09. The Morgan fingerprint density at radius 2 is 2.00 bits per heavy atom. The van der Waals surface area contributed by atoms with E-state index in [4.69, 9.17) is 4.74 Å². The average molecular weight is 376 g/mol. The van der Waals surface area contributed by atoms with Crippen LogP contribution < -0.4 is 0 Å². The first-order valence-corrected chi connectivity index (χ1v) is 8.08. The van der Waals surface area contributed by atoms with Crippen molar-refractivity contribution in [2.75, 3.05) is 12.4 Å². The molecule has 2 aromatic carbocycles. The zero-order valence-electron chi connectivity index (χ0n) is 12.4. The van der Waals surface area contributed by atoms with E-state index in [-0.39, 0.29) is 5.75 Å². The number of nitrogens with zero attached hydrogens (tertiary/aromatic N) is 3. The van der Waals surface area contributed by atoms with Gasteiger partial charge in [0.15, 0.2) is 0 Å². The Kier molecular flexibility index (Phi) is 4.29. The maximum Gasteiger partial charge on any atom is 0.337 e. The molecule has 3 aromatic rings. The summed E-state index contributed by atoms with van der Waals surface area (Å²) in [6.45, 7) is 0. The number of alkyl halides is 1. The SMILES string of the molecule is COC(=O)c1ccc2nn(-c3ccc(CCBr)cc3O)nc2c1. The number of esters is 1. The van der Waals surface area contributed by atoms with Crippen LogP contribution in [0.4, 0.5) is 0 Å². The smallest absolute Gasteiger partial charge is 0.337 e. The second-order valence-corrected chi connectivity index (χ2v) is 5.74. The summed E-state index contributed by atoms with van der Waals surface area (Å²) in [5, 5.41) is 19.7. The largest absolute Gasteiger partial charge is 0.506 e. The van der Waals surface area contributed by atoms with Crippen molar-refractivity contribution in [3.63, 3.8) is 0 Å². The molecule has 0 amide bonds. The highest BCUT2D eigenvalue weighted by atomic mass is 79.9. The molecule has 0 radical (unpaired) electrons. The molecule has 0 aliphatic carbocycles. The van der Waals surface area contributed by atoms with Gasteiger partial charge in [-0.05, 0) is 42.3 Å². The number of hydrogen-bond acceptors (Lipinski definition) is 5. The third-order valence-electron chi connectivity index (χ3n) is 3.44. The quantitative estimate of drug-likeness (QED) is 0.560. The standard InChI is InChI=1S/C16H14BrN3O3/c1-23-16(22)11-3-4-12-13(9-11)19-20(18-12)14-5-2-10(6-7-17)8-15(14)21/h2-5,8-9,21H,6-7H2,1H3. The van der Waals surface area contributed by atoms with Crippen LogP contribution in [0.3, 0.4) is 0 Å². The highest BCUT2D eigenvalue weighted by Gasteiger charge is 2.12. The van der Waals surface area contributed by atoms with Crippen LogP contribution in [0.1, 0.15) is 15.9 Å². The van der Waals surface area contributed by atoms with Gasteiger partial charge in [0.05, 0.1) is 12.7 Å². The first kappa shape index (κ1) is 15.5. The maximum atomic E-state index is 11.6. The van der Waals surface area contributed by atoms with Gasteiger partial charge in [0.1, 0.15) is 22.5 Å². The van der Waals surface area contributed by atoms with Gasteiger partial charge in [-0.15, -0.1) is 15.0 Å². The number of aromatic hydroxyl groups is 1. The number of hydrogen-bond donors (Lipinski definition) is 1.